The third-order valence-corrected chi connectivity index (χ3v) is 4.49. The third kappa shape index (κ3) is 3.41. The lowest BCUT2D eigenvalue weighted by Crippen LogP contribution is -2.22. The number of rotatable bonds is 6. The van der Waals surface area contributed by atoms with Gasteiger partial charge in [0.1, 0.15) is 5.01 Å². The summed E-state index contributed by atoms with van der Waals surface area (Å²) in [6.07, 6.45) is 0.915. The number of ether oxygens (including phenoxy) is 1. The number of thiazole rings is 1. The minimum absolute atomic E-state index is 0.0839. The lowest BCUT2D eigenvalue weighted by molar-refractivity contribution is 0.385. The largest absolute Gasteiger partial charge is 0.494 e. The van der Waals surface area contributed by atoms with E-state index in [1.807, 2.05) is 13.0 Å². The van der Waals surface area contributed by atoms with Crippen LogP contribution >= 0.6 is 11.3 Å². The first-order valence-corrected chi connectivity index (χ1v) is 7.95. The summed E-state index contributed by atoms with van der Waals surface area (Å²) in [5, 5.41) is 4.37. The zero-order valence-electron chi connectivity index (χ0n) is 12.9. The molecule has 1 aromatic carbocycles. The van der Waals surface area contributed by atoms with Gasteiger partial charge in [0.2, 0.25) is 0 Å². The van der Waals surface area contributed by atoms with Crippen molar-refractivity contribution in [2.75, 3.05) is 13.7 Å². The number of hydrogen-bond acceptors (Lipinski definition) is 4. The summed E-state index contributed by atoms with van der Waals surface area (Å²) in [6.45, 7) is 7.01. The molecule has 0 aliphatic heterocycles. The molecule has 1 unspecified atom stereocenters. The molecular formula is C16H21FN2OS. The molecule has 3 nitrogen and oxygen atoms in total. The summed E-state index contributed by atoms with van der Waals surface area (Å²) in [6, 6.07) is 4.99. The molecule has 5 heteroatoms. The Hall–Kier alpha value is -1.46. The molecule has 0 aliphatic carbocycles. The molecule has 0 amide bonds. The molecule has 0 radical (unpaired) electrons. The van der Waals surface area contributed by atoms with Crippen LogP contribution < -0.4 is 10.1 Å². The number of aromatic nitrogens is 1. The lowest BCUT2D eigenvalue weighted by Gasteiger charge is -2.16. The van der Waals surface area contributed by atoms with Crippen LogP contribution in [0.25, 0.3) is 0 Å². The monoisotopic (exact) mass is 308 g/mol. The van der Waals surface area contributed by atoms with Gasteiger partial charge in [0.05, 0.1) is 18.8 Å². The summed E-state index contributed by atoms with van der Waals surface area (Å²) in [5.74, 6) is -0.0829. The van der Waals surface area contributed by atoms with Gasteiger partial charge in [0, 0.05) is 4.88 Å². The molecular weight excluding hydrogens is 287 g/mol. The van der Waals surface area contributed by atoms with Crippen molar-refractivity contribution in [3.8, 4) is 5.75 Å². The van der Waals surface area contributed by atoms with E-state index in [2.05, 4.69) is 19.2 Å². The Morgan fingerprint density at radius 1 is 1.38 bits per heavy atom. The van der Waals surface area contributed by atoms with Crippen LogP contribution in [0.5, 0.6) is 5.75 Å². The van der Waals surface area contributed by atoms with Crippen LogP contribution in [0.15, 0.2) is 18.2 Å². The number of benzene rings is 1. The number of hydrogen-bond donors (Lipinski definition) is 1. The van der Waals surface area contributed by atoms with Gasteiger partial charge in [0.15, 0.2) is 11.6 Å². The van der Waals surface area contributed by atoms with Crippen LogP contribution in [-0.2, 0) is 6.42 Å². The fraction of sp³-hybridized carbons (Fsp3) is 0.438. The van der Waals surface area contributed by atoms with Crippen molar-refractivity contribution in [2.45, 2.75) is 33.2 Å². The van der Waals surface area contributed by atoms with E-state index >= 15 is 0 Å². The summed E-state index contributed by atoms with van der Waals surface area (Å²) in [5.41, 5.74) is 1.98. The summed E-state index contributed by atoms with van der Waals surface area (Å²) >= 11 is 1.67. The molecule has 2 aromatic rings. The maximum Gasteiger partial charge on any atom is 0.165 e. The van der Waals surface area contributed by atoms with Crippen molar-refractivity contribution in [3.05, 3.63) is 45.2 Å². The Kier molecular flexibility index (Phi) is 5.31. The molecule has 0 fully saturated rings. The first-order chi connectivity index (χ1) is 10.1. The number of nitrogens with zero attached hydrogens (tertiary/aromatic N) is 1. The van der Waals surface area contributed by atoms with Crippen LogP contribution in [0.3, 0.4) is 0 Å². The van der Waals surface area contributed by atoms with Crippen molar-refractivity contribution in [1.82, 2.24) is 10.3 Å². The van der Waals surface area contributed by atoms with Crippen LogP contribution in [0.2, 0.25) is 0 Å². The van der Waals surface area contributed by atoms with Crippen LogP contribution in [-0.4, -0.2) is 18.6 Å². The zero-order chi connectivity index (χ0) is 15.4. The fourth-order valence-electron chi connectivity index (χ4n) is 2.32. The van der Waals surface area contributed by atoms with Crippen LogP contribution in [0.1, 0.15) is 41.0 Å². The smallest absolute Gasteiger partial charge is 0.165 e. The van der Waals surface area contributed by atoms with Crippen molar-refractivity contribution >= 4 is 11.3 Å². The molecule has 0 aliphatic rings. The first-order valence-electron chi connectivity index (χ1n) is 7.13. The lowest BCUT2D eigenvalue weighted by atomic mass is 10.1. The molecule has 0 spiro atoms. The predicted molar refractivity (Wildman–Crippen MR) is 84.7 cm³/mol. The molecule has 1 atom stereocenters. The molecule has 0 bridgehead atoms. The SMILES string of the molecule is CCNC(c1ccc(OC)c(F)c1)c1nc(CC)c(C)s1. The number of aryl methyl sites for hydroxylation is 2. The highest BCUT2D eigenvalue weighted by Crippen LogP contribution is 2.30. The van der Waals surface area contributed by atoms with E-state index in [4.69, 9.17) is 9.72 Å². The molecule has 1 aromatic heterocycles. The first kappa shape index (κ1) is 15.9. The molecule has 1 N–H and O–H groups in total. The minimum atomic E-state index is -0.345. The molecule has 114 valence electrons. The van der Waals surface area contributed by atoms with Crippen molar-refractivity contribution < 1.29 is 9.13 Å². The second-order valence-electron chi connectivity index (χ2n) is 4.79. The van der Waals surface area contributed by atoms with Gasteiger partial charge in [-0.15, -0.1) is 11.3 Å². The highest BCUT2D eigenvalue weighted by Gasteiger charge is 2.19. The average molecular weight is 308 g/mol. The van der Waals surface area contributed by atoms with E-state index < -0.39 is 0 Å². The number of halogens is 1. The molecule has 2 rings (SSSR count). The minimum Gasteiger partial charge on any atom is -0.494 e. The molecule has 1 heterocycles. The average Bonchev–Trinajstić information content (AvgIpc) is 2.85. The van der Waals surface area contributed by atoms with Gasteiger partial charge in [0.25, 0.3) is 0 Å². The maximum absolute atomic E-state index is 13.9. The Labute approximate surface area is 129 Å². The van der Waals surface area contributed by atoms with Gasteiger partial charge in [-0.2, -0.15) is 0 Å². The highest BCUT2D eigenvalue weighted by molar-refractivity contribution is 7.11. The van der Waals surface area contributed by atoms with Crippen LogP contribution in [0, 0.1) is 12.7 Å². The summed E-state index contributed by atoms with van der Waals surface area (Å²) < 4.78 is 18.9. The van der Waals surface area contributed by atoms with Crippen molar-refractivity contribution in [2.24, 2.45) is 0 Å². The summed E-state index contributed by atoms with van der Waals surface area (Å²) in [7, 11) is 1.47. The second-order valence-corrected chi connectivity index (χ2v) is 6.03. The van der Waals surface area contributed by atoms with E-state index in [1.54, 1.807) is 17.4 Å². The quantitative estimate of drug-likeness (QED) is 0.880. The van der Waals surface area contributed by atoms with Crippen molar-refractivity contribution in [3.63, 3.8) is 0 Å². The highest BCUT2D eigenvalue weighted by atomic mass is 32.1. The van der Waals surface area contributed by atoms with Gasteiger partial charge >= 0.3 is 0 Å². The van der Waals surface area contributed by atoms with Gasteiger partial charge in [-0.3, -0.25) is 0 Å². The van der Waals surface area contributed by atoms with Gasteiger partial charge in [-0.05, 0) is 37.6 Å². The molecule has 0 saturated heterocycles. The van der Waals surface area contributed by atoms with E-state index in [0.29, 0.717) is 0 Å². The standard InChI is InChI=1S/C16H21FN2OS/c1-5-13-10(3)21-16(19-13)15(18-6-2)11-7-8-14(20-4)12(17)9-11/h7-9,15,18H,5-6H2,1-4H3. The predicted octanol–water partition coefficient (Wildman–Crippen LogP) is 3.86. The van der Waals surface area contributed by atoms with Gasteiger partial charge in [-0.1, -0.05) is 19.9 Å². The normalized spacial score (nSPS) is 12.4. The second kappa shape index (κ2) is 7.00. The fourth-order valence-corrected chi connectivity index (χ4v) is 3.43. The molecule has 21 heavy (non-hydrogen) atoms. The third-order valence-electron chi connectivity index (χ3n) is 3.41. The summed E-state index contributed by atoms with van der Waals surface area (Å²) in [4.78, 5) is 5.92. The van der Waals surface area contributed by atoms with Crippen LogP contribution in [0.4, 0.5) is 4.39 Å². The Balaban J connectivity index is 2.40. The number of nitrogens with one attached hydrogen (secondary N) is 1. The van der Waals surface area contributed by atoms with Gasteiger partial charge in [-0.25, -0.2) is 9.37 Å². The Morgan fingerprint density at radius 2 is 2.14 bits per heavy atom. The topological polar surface area (TPSA) is 34.1 Å². The number of methoxy groups -OCH3 is 1. The van der Waals surface area contributed by atoms with E-state index in [-0.39, 0.29) is 17.6 Å². The maximum atomic E-state index is 13.9. The Bertz CT molecular complexity index is 612. The molecule has 0 saturated carbocycles. The van der Waals surface area contributed by atoms with Gasteiger partial charge < -0.3 is 10.1 Å². The van der Waals surface area contributed by atoms with E-state index in [1.165, 1.54) is 18.1 Å². The Morgan fingerprint density at radius 3 is 2.67 bits per heavy atom. The zero-order valence-corrected chi connectivity index (χ0v) is 13.7. The van der Waals surface area contributed by atoms with Crippen molar-refractivity contribution in [1.29, 1.82) is 0 Å². The van der Waals surface area contributed by atoms with E-state index in [9.17, 15) is 4.39 Å². The van der Waals surface area contributed by atoms with E-state index in [0.717, 1.165) is 29.2 Å².